The zero-order valence-electron chi connectivity index (χ0n) is 19.1. The maximum atomic E-state index is 12.3. The third-order valence-corrected chi connectivity index (χ3v) is 6.15. The molecule has 1 amide bonds. The summed E-state index contributed by atoms with van der Waals surface area (Å²) in [7, 11) is 1.63. The minimum Gasteiger partial charge on any atom is -0.496 e. The number of nitrogens with one attached hydrogen (secondary N) is 1. The van der Waals surface area contributed by atoms with E-state index in [1.54, 1.807) is 19.4 Å². The monoisotopic (exact) mass is 470 g/mol. The lowest BCUT2D eigenvalue weighted by atomic mass is 10.1. The molecule has 4 rings (SSSR count). The van der Waals surface area contributed by atoms with Gasteiger partial charge in [0.25, 0.3) is 5.91 Å². The molecule has 1 aromatic heterocycles. The van der Waals surface area contributed by atoms with Crippen LogP contribution in [0, 0.1) is 6.92 Å². The molecule has 0 bridgehead atoms. The second kappa shape index (κ2) is 11.3. The van der Waals surface area contributed by atoms with Gasteiger partial charge in [0.2, 0.25) is 0 Å². The number of aromatic nitrogens is 2. The Morgan fingerprint density at radius 3 is 2.68 bits per heavy atom. The minimum absolute atomic E-state index is 0.194. The largest absolute Gasteiger partial charge is 0.496 e. The maximum absolute atomic E-state index is 12.3. The van der Waals surface area contributed by atoms with Crippen molar-refractivity contribution < 1.29 is 9.53 Å². The fourth-order valence-electron chi connectivity index (χ4n) is 3.46. The van der Waals surface area contributed by atoms with Crippen molar-refractivity contribution in [2.24, 2.45) is 5.10 Å². The molecule has 0 spiro atoms. The van der Waals surface area contributed by atoms with Crippen LogP contribution in [0.5, 0.6) is 5.75 Å². The number of thioether (sulfide) groups is 1. The number of para-hydroxylation sites is 3. The number of fused-ring (bicyclic) bond motifs is 1. The summed E-state index contributed by atoms with van der Waals surface area (Å²) in [5, 5.41) is 4.81. The smallest absolute Gasteiger partial charge is 0.250 e. The first-order valence-corrected chi connectivity index (χ1v) is 11.9. The number of aryl methyl sites for hydroxylation is 1. The molecule has 34 heavy (non-hydrogen) atoms. The second-order valence-corrected chi connectivity index (χ2v) is 8.60. The number of ether oxygens (including phenoxy) is 1. The predicted molar refractivity (Wildman–Crippen MR) is 139 cm³/mol. The van der Waals surface area contributed by atoms with Crippen molar-refractivity contribution in [3.63, 3.8) is 0 Å². The first kappa shape index (κ1) is 23.3. The molecule has 0 radical (unpaired) electrons. The molecule has 0 saturated heterocycles. The lowest BCUT2D eigenvalue weighted by Crippen LogP contribution is -2.19. The number of hydrogen-bond donors (Lipinski definition) is 1. The van der Waals surface area contributed by atoms with Crippen molar-refractivity contribution in [2.75, 3.05) is 12.9 Å². The number of methoxy groups -OCH3 is 1. The van der Waals surface area contributed by atoms with E-state index in [1.807, 2.05) is 48.5 Å². The zero-order valence-corrected chi connectivity index (χ0v) is 20.0. The first-order valence-electron chi connectivity index (χ1n) is 10.9. The van der Waals surface area contributed by atoms with E-state index in [0.717, 1.165) is 27.5 Å². The van der Waals surface area contributed by atoms with Gasteiger partial charge in [0.05, 0.1) is 30.4 Å². The van der Waals surface area contributed by atoms with Crippen molar-refractivity contribution in [1.82, 2.24) is 15.0 Å². The van der Waals surface area contributed by atoms with Crippen LogP contribution in [0.3, 0.4) is 0 Å². The number of allylic oxidation sites excluding steroid dienone is 1. The molecule has 0 saturated carbocycles. The molecule has 0 unspecified atom stereocenters. The van der Waals surface area contributed by atoms with E-state index in [0.29, 0.717) is 6.54 Å². The summed E-state index contributed by atoms with van der Waals surface area (Å²) in [6.07, 6.45) is 5.17. The lowest BCUT2D eigenvalue weighted by molar-refractivity contribution is -0.118. The van der Waals surface area contributed by atoms with E-state index in [4.69, 9.17) is 9.72 Å². The van der Waals surface area contributed by atoms with Gasteiger partial charge in [-0.25, -0.2) is 10.4 Å². The van der Waals surface area contributed by atoms with Crippen LogP contribution in [0.1, 0.15) is 16.7 Å². The lowest BCUT2D eigenvalue weighted by Gasteiger charge is -2.09. The average molecular weight is 471 g/mol. The van der Waals surface area contributed by atoms with Gasteiger partial charge in [-0.05, 0) is 42.8 Å². The Labute approximate surface area is 203 Å². The summed E-state index contributed by atoms with van der Waals surface area (Å²) in [6, 6.07) is 24.2. The Kier molecular flexibility index (Phi) is 7.78. The Morgan fingerprint density at radius 1 is 1.09 bits per heavy atom. The van der Waals surface area contributed by atoms with Gasteiger partial charge in [0.1, 0.15) is 5.75 Å². The van der Waals surface area contributed by atoms with Crippen LogP contribution in [-0.2, 0) is 11.3 Å². The van der Waals surface area contributed by atoms with Gasteiger partial charge in [-0.1, -0.05) is 71.9 Å². The number of hydrazone groups is 1. The van der Waals surface area contributed by atoms with Gasteiger partial charge in [-0.3, -0.25) is 4.79 Å². The number of carbonyl (C=O) groups is 1. The fourth-order valence-corrected chi connectivity index (χ4v) is 4.26. The van der Waals surface area contributed by atoms with Crippen LogP contribution in [0.4, 0.5) is 0 Å². The summed E-state index contributed by atoms with van der Waals surface area (Å²) >= 11 is 1.40. The van der Waals surface area contributed by atoms with Crippen LogP contribution in [0.15, 0.2) is 89.1 Å². The molecule has 1 heterocycles. The van der Waals surface area contributed by atoms with Crippen LogP contribution in [0.25, 0.3) is 17.1 Å². The number of rotatable bonds is 9. The van der Waals surface area contributed by atoms with E-state index < -0.39 is 0 Å². The van der Waals surface area contributed by atoms with Gasteiger partial charge in [-0.2, -0.15) is 5.10 Å². The van der Waals surface area contributed by atoms with Gasteiger partial charge in [0, 0.05) is 11.8 Å². The molecular weight excluding hydrogens is 444 g/mol. The van der Waals surface area contributed by atoms with Gasteiger partial charge in [-0.15, -0.1) is 0 Å². The molecule has 0 aliphatic carbocycles. The molecule has 6 nitrogen and oxygen atoms in total. The van der Waals surface area contributed by atoms with Crippen molar-refractivity contribution >= 4 is 41.0 Å². The summed E-state index contributed by atoms with van der Waals surface area (Å²) in [6.45, 7) is 2.77. The van der Waals surface area contributed by atoms with Gasteiger partial charge in [0.15, 0.2) is 5.16 Å². The van der Waals surface area contributed by atoms with E-state index >= 15 is 0 Å². The van der Waals surface area contributed by atoms with E-state index in [1.165, 1.54) is 22.9 Å². The van der Waals surface area contributed by atoms with E-state index in [2.05, 4.69) is 52.3 Å². The molecule has 172 valence electrons. The normalized spacial score (nSPS) is 11.5. The number of hydrogen-bond acceptors (Lipinski definition) is 5. The summed E-state index contributed by atoms with van der Waals surface area (Å²) in [4.78, 5) is 17.1. The molecule has 1 N–H and O–H groups in total. The number of carbonyl (C=O) groups excluding carboxylic acids is 1. The highest BCUT2D eigenvalue weighted by Gasteiger charge is 2.13. The highest BCUT2D eigenvalue weighted by molar-refractivity contribution is 7.99. The third-order valence-electron chi connectivity index (χ3n) is 5.18. The Hall–Kier alpha value is -3.84. The predicted octanol–water partition coefficient (Wildman–Crippen LogP) is 5.31. The zero-order chi connectivity index (χ0) is 23.8. The maximum Gasteiger partial charge on any atom is 0.250 e. The number of imidazole rings is 1. The van der Waals surface area contributed by atoms with Crippen LogP contribution < -0.4 is 10.2 Å². The molecule has 3 aromatic carbocycles. The number of nitrogens with zero attached hydrogens (tertiary/aromatic N) is 3. The van der Waals surface area contributed by atoms with Crippen LogP contribution >= 0.6 is 11.8 Å². The molecule has 0 aliphatic heterocycles. The molecule has 4 aromatic rings. The highest BCUT2D eigenvalue weighted by Crippen LogP contribution is 2.25. The Balaban J connectivity index is 1.38. The second-order valence-electron chi connectivity index (χ2n) is 7.66. The topological polar surface area (TPSA) is 68.5 Å². The highest BCUT2D eigenvalue weighted by atomic mass is 32.2. The number of benzene rings is 3. The minimum atomic E-state index is -0.194. The van der Waals surface area contributed by atoms with Gasteiger partial charge < -0.3 is 9.30 Å². The fraction of sp³-hybridized carbons (Fsp3) is 0.148. The SMILES string of the molecule is COc1ccccc1/C=C/C=N/NC(=O)CSc1nc2ccccc2n1Cc1ccc(C)cc1. The van der Waals surface area contributed by atoms with E-state index in [9.17, 15) is 4.79 Å². The van der Waals surface area contributed by atoms with Gasteiger partial charge >= 0.3 is 0 Å². The van der Waals surface area contributed by atoms with Crippen LogP contribution in [-0.4, -0.2) is 34.5 Å². The molecule has 0 fully saturated rings. The molecule has 7 heteroatoms. The number of amides is 1. The third kappa shape index (κ3) is 5.94. The molecule has 0 atom stereocenters. The van der Waals surface area contributed by atoms with Crippen LogP contribution in [0.2, 0.25) is 0 Å². The van der Waals surface area contributed by atoms with Crippen molar-refractivity contribution in [2.45, 2.75) is 18.6 Å². The standard InChI is InChI=1S/C27H26N4O2S/c1-20-13-15-21(16-14-20)18-31-24-11-5-4-10-23(24)29-27(31)34-19-26(32)30-28-17-7-9-22-8-3-6-12-25(22)33-2/h3-17H,18-19H2,1-2H3,(H,30,32)/b9-7+,28-17+. The Bertz CT molecular complexity index is 1330. The first-order chi connectivity index (χ1) is 16.6. The summed E-state index contributed by atoms with van der Waals surface area (Å²) in [5.74, 6) is 0.798. The summed E-state index contributed by atoms with van der Waals surface area (Å²) in [5.41, 5.74) is 7.88. The Morgan fingerprint density at radius 2 is 1.85 bits per heavy atom. The van der Waals surface area contributed by atoms with Crippen molar-refractivity contribution in [1.29, 1.82) is 0 Å². The summed E-state index contributed by atoms with van der Waals surface area (Å²) < 4.78 is 7.46. The van der Waals surface area contributed by atoms with Crippen molar-refractivity contribution in [3.8, 4) is 5.75 Å². The molecule has 0 aliphatic rings. The molecular formula is C27H26N4O2S. The van der Waals surface area contributed by atoms with E-state index in [-0.39, 0.29) is 11.7 Å². The quantitative estimate of drug-likeness (QED) is 0.205. The average Bonchev–Trinajstić information content (AvgIpc) is 3.21. The van der Waals surface area contributed by atoms with Crippen molar-refractivity contribution in [3.05, 3.63) is 95.6 Å².